The Kier molecular flexibility index (Phi) is 7.82. The number of ether oxygens (including phenoxy) is 1. The molecular formula is C25H24BrClF2N6O4. The van der Waals surface area contributed by atoms with E-state index in [1.165, 1.54) is 46.7 Å². The normalized spacial score (nSPS) is 24.2. The summed E-state index contributed by atoms with van der Waals surface area (Å²) < 4.78 is 37.4. The van der Waals surface area contributed by atoms with Gasteiger partial charge in [-0.2, -0.15) is 5.10 Å². The lowest BCUT2D eigenvalue weighted by molar-refractivity contribution is -0.210. The fourth-order valence-electron chi connectivity index (χ4n) is 4.67. The molecule has 0 aliphatic carbocycles. The fraction of sp³-hybridized carbons (Fsp3) is 0.360. The largest absolute Gasteiger partial charge is 0.394 e. The molecule has 1 fully saturated rings. The van der Waals surface area contributed by atoms with E-state index in [1.54, 1.807) is 19.1 Å². The summed E-state index contributed by atoms with van der Waals surface area (Å²) >= 11 is 9.32. The highest BCUT2D eigenvalue weighted by Gasteiger charge is 2.48. The van der Waals surface area contributed by atoms with E-state index < -0.39 is 49.1 Å². The Morgan fingerprint density at radius 1 is 1.18 bits per heavy atom. The lowest BCUT2D eigenvalue weighted by Crippen LogP contribution is -2.53. The molecular weight excluding hydrogens is 602 g/mol. The van der Waals surface area contributed by atoms with Crippen molar-refractivity contribution >= 4 is 27.5 Å². The molecule has 1 saturated heterocycles. The first-order chi connectivity index (χ1) is 18.6. The second kappa shape index (κ2) is 11.0. The zero-order valence-electron chi connectivity index (χ0n) is 20.7. The lowest BCUT2D eigenvalue weighted by atomic mass is 9.92. The van der Waals surface area contributed by atoms with Gasteiger partial charge in [-0.1, -0.05) is 28.9 Å². The van der Waals surface area contributed by atoms with Crippen molar-refractivity contribution in [1.29, 1.82) is 0 Å². The molecule has 5 rings (SSSR count). The van der Waals surface area contributed by atoms with E-state index >= 15 is 0 Å². The van der Waals surface area contributed by atoms with Crippen LogP contribution in [0.25, 0.3) is 16.9 Å². The van der Waals surface area contributed by atoms with Gasteiger partial charge in [0.15, 0.2) is 5.82 Å². The summed E-state index contributed by atoms with van der Waals surface area (Å²) in [6.07, 6.45) is -5.16. The molecule has 10 nitrogen and oxygen atoms in total. The van der Waals surface area contributed by atoms with E-state index in [2.05, 4.69) is 36.3 Å². The van der Waals surface area contributed by atoms with Gasteiger partial charge in [-0.3, -0.25) is 0 Å². The highest BCUT2D eigenvalue weighted by Crippen LogP contribution is 2.39. The summed E-state index contributed by atoms with van der Waals surface area (Å²) in [5.74, 6) is -0.0807. The highest BCUT2D eigenvalue weighted by molar-refractivity contribution is 9.10. The Labute approximate surface area is 235 Å². The molecule has 206 valence electrons. The Hall–Kier alpha value is -2.81. The van der Waals surface area contributed by atoms with Crippen LogP contribution in [0.4, 0.5) is 8.78 Å². The molecule has 6 atom stereocenters. The van der Waals surface area contributed by atoms with E-state index in [4.69, 9.17) is 16.3 Å². The van der Waals surface area contributed by atoms with Crippen molar-refractivity contribution in [2.75, 3.05) is 6.61 Å². The van der Waals surface area contributed by atoms with Crippen molar-refractivity contribution in [2.45, 2.75) is 50.5 Å². The van der Waals surface area contributed by atoms with Crippen LogP contribution in [-0.4, -0.2) is 70.0 Å². The second-order valence-electron chi connectivity index (χ2n) is 9.21. The molecule has 2 aromatic carbocycles. The second-order valence-corrected chi connectivity index (χ2v) is 10.5. The molecule has 4 aromatic rings. The van der Waals surface area contributed by atoms with Crippen LogP contribution in [-0.2, 0) is 4.74 Å². The first-order valence-corrected chi connectivity index (χ1v) is 13.1. The van der Waals surface area contributed by atoms with Crippen molar-refractivity contribution in [2.24, 2.45) is 0 Å². The van der Waals surface area contributed by atoms with Gasteiger partial charge in [0.05, 0.1) is 23.0 Å². The third-order valence-electron chi connectivity index (χ3n) is 6.57. The van der Waals surface area contributed by atoms with Crippen LogP contribution in [0.5, 0.6) is 0 Å². The smallest absolute Gasteiger partial charge is 0.164 e. The Bertz CT molecular complexity index is 1500. The number of hydrogen-bond donors (Lipinski definition) is 3. The maximum Gasteiger partial charge on any atom is 0.164 e. The predicted octanol–water partition coefficient (Wildman–Crippen LogP) is 3.82. The van der Waals surface area contributed by atoms with Crippen LogP contribution in [0.1, 0.15) is 42.5 Å². The molecule has 1 unspecified atom stereocenters. The molecule has 1 aliphatic heterocycles. The molecule has 0 spiro atoms. The molecule has 2 aromatic heterocycles. The first-order valence-electron chi connectivity index (χ1n) is 12.0. The van der Waals surface area contributed by atoms with E-state index in [0.29, 0.717) is 27.8 Å². The summed E-state index contributed by atoms with van der Waals surface area (Å²) in [5, 5.41) is 45.4. The SMILES string of the molecule is Cc1nc([C@@H]2O[C@H](CO)[C@H](O)[C@H](n3cc(-c4ccc(Br)c(F)c4)nn3)[C@H]2O)n(-c2cc(Cl)ccc2C(C)F)n1. The molecule has 1 aliphatic rings. The molecule has 0 saturated carbocycles. The van der Waals surface area contributed by atoms with Gasteiger partial charge in [0.2, 0.25) is 0 Å². The number of benzene rings is 2. The molecule has 3 heterocycles. The number of aryl methyl sites for hydroxylation is 1. The van der Waals surface area contributed by atoms with Gasteiger partial charge < -0.3 is 20.1 Å². The van der Waals surface area contributed by atoms with Gasteiger partial charge >= 0.3 is 0 Å². The van der Waals surface area contributed by atoms with Crippen LogP contribution in [0, 0.1) is 12.7 Å². The van der Waals surface area contributed by atoms with Crippen LogP contribution >= 0.6 is 27.5 Å². The number of aromatic nitrogens is 6. The maximum absolute atomic E-state index is 14.5. The van der Waals surface area contributed by atoms with Gasteiger partial charge in [0.1, 0.15) is 54.0 Å². The minimum atomic E-state index is -1.47. The Morgan fingerprint density at radius 3 is 2.64 bits per heavy atom. The van der Waals surface area contributed by atoms with Crippen LogP contribution < -0.4 is 0 Å². The number of aliphatic hydroxyl groups excluding tert-OH is 3. The van der Waals surface area contributed by atoms with Crippen molar-refractivity contribution < 1.29 is 28.8 Å². The number of rotatable bonds is 6. The predicted molar refractivity (Wildman–Crippen MR) is 139 cm³/mol. The third-order valence-corrected chi connectivity index (χ3v) is 7.44. The van der Waals surface area contributed by atoms with E-state index in [0.717, 1.165) is 0 Å². The van der Waals surface area contributed by atoms with Crippen molar-refractivity contribution in [1.82, 2.24) is 29.8 Å². The summed E-state index contributed by atoms with van der Waals surface area (Å²) in [6, 6.07) is 7.90. The maximum atomic E-state index is 14.5. The minimum absolute atomic E-state index is 0.106. The number of alkyl halides is 1. The summed E-state index contributed by atoms with van der Waals surface area (Å²) in [6.45, 7) is 2.41. The summed E-state index contributed by atoms with van der Waals surface area (Å²) in [5.41, 5.74) is 1.31. The average molecular weight is 626 g/mol. The number of aliphatic hydroxyl groups is 3. The topological polar surface area (TPSA) is 131 Å². The lowest BCUT2D eigenvalue weighted by Gasteiger charge is -2.41. The molecule has 0 bridgehead atoms. The standard InChI is InChI=1S/C25H24BrClF2N6O4/c1-11(28)15-5-4-14(27)8-19(15)35-25(30-12(2)32-35)24-23(38)21(22(37)20(10-36)39-24)34-9-18(31-33-34)13-3-6-16(26)17(29)7-13/h3-9,11,20-24,36-38H,10H2,1-2H3/t11?,20-,21+,22+,23-,24-/m1/s1. The monoisotopic (exact) mass is 624 g/mol. The minimum Gasteiger partial charge on any atom is -0.394 e. The molecule has 39 heavy (non-hydrogen) atoms. The van der Waals surface area contributed by atoms with Crippen molar-refractivity contribution in [3.05, 3.63) is 75.1 Å². The number of hydrogen-bond acceptors (Lipinski definition) is 8. The van der Waals surface area contributed by atoms with Crippen LogP contribution in [0.15, 0.2) is 47.1 Å². The molecule has 0 amide bonds. The number of nitrogens with zero attached hydrogens (tertiary/aromatic N) is 6. The molecule has 3 N–H and O–H groups in total. The van der Waals surface area contributed by atoms with Gasteiger partial charge in [-0.05, 0) is 54.0 Å². The first kappa shape index (κ1) is 27.7. The fourth-order valence-corrected chi connectivity index (χ4v) is 5.08. The van der Waals surface area contributed by atoms with Crippen molar-refractivity contribution in [3.8, 4) is 16.9 Å². The summed E-state index contributed by atoms with van der Waals surface area (Å²) in [7, 11) is 0. The van der Waals surface area contributed by atoms with E-state index in [-0.39, 0.29) is 15.9 Å². The quantitative estimate of drug-likeness (QED) is 0.295. The van der Waals surface area contributed by atoms with Crippen molar-refractivity contribution in [3.63, 3.8) is 0 Å². The highest BCUT2D eigenvalue weighted by atomic mass is 79.9. The van der Waals surface area contributed by atoms with Gasteiger partial charge in [-0.15, -0.1) is 5.10 Å². The molecule has 14 heteroatoms. The molecule has 0 radical (unpaired) electrons. The van der Waals surface area contributed by atoms with Gasteiger partial charge in [0.25, 0.3) is 0 Å². The zero-order chi connectivity index (χ0) is 28.0. The Morgan fingerprint density at radius 2 is 1.95 bits per heavy atom. The summed E-state index contributed by atoms with van der Waals surface area (Å²) in [4.78, 5) is 4.43. The zero-order valence-corrected chi connectivity index (χ0v) is 23.0. The van der Waals surface area contributed by atoms with E-state index in [1.807, 2.05) is 0 Å². The third kappa shape index (κ3) is 5.22. The van der Waals surface area contributed by atoms with Gasteiger partial charge in [-0.25, -0.2) is 23.1 Å². The van der Waals surface area contributed by atoms with Crippen LogP contribution in [0.2, 0.25) is 5.02 Å². The van der Waals surface area contributed by atoms with Crippen LogP contribution in [0.3, 0.4) is 0 Å². The van der Waals surface area contributed by atoms with E-state index in [9.17, 15) is 24.1 Å². The average Bonchev–Trinajstić information content (AvgIpc) is 3.53. The van der Waals surface area contributed by atoms with Gasteiger partial charge in [0, 0.05) is 16.1 Å². The Balaban J connectivity index is 1.56. The number of halogens is 4.